The van der Waals surface area contributed by atoms with Gasteiger partial charge in [-0.15, -0.1) is 0 Å². The average Bonchev–Trinajstić information content (AvgIpc) is 0. The maximum Gasteiger partial charge on any atom is 0 e. The Hall–Kier alpha value is 3.10. The number of hydrogen-bond acceptors (Lipinski definition) is 0. The second-order valence-electron chi connectivity index (χ2n) is 0. The summed E-state index contributed by atoms with van der Waals surface area (Å²) in [5, 5.41) is 0. The van der Waals surface area contributed by atoms with Gasteiger partial charge in [0.1, 0.15) is 0 Å². The van der Waals surface area contributed by atoms with E-state index in [0.717, 1.165) is 0 Å². The molecule has 0 saturated carbocycles. The molecule has 19 valence electrons. The van der Waals surface area contributed by atoms with Gasteiger partial charge in [0.2, 0.25) is 0 Å². The van der Waals surface area contributed by atoms with Gasteiger partial charge in [-0.3, -0.25) is 0 Å². The van der Waals surface area contributed by atoms with E-state index < -0.39 is 0 Å². The minimum absolute atomic E-state index is 0. The summed E-state index contributed by atoms with van der Waals surface area (Å²) in [4.78, 5) is 0. The summed E-state index contributed by atoms with van der Waals surface area (Å²) < 4.78 is 0. The van der Waals surface area contributed by atoms with E-state index in [0.29, 0.717) is 0 Å². The fourth-order valence-electron chi connectivity index (χ4n) is 0. The van der Waals surface area contributed by atoms with Crippen LogP contribution in [0.5, 0.6) is 0 Å². The normalized spacial score (nSPS) is 0. The maximum absolute atomic E-state index is 0. The van der Waals surface area contributed by atoms with Crippen LogP contribution in [0.15, 0.2) is 0 Å². The van der Waals surface area contributed by atoms with Gasteiger partial charge < -0.3 is 0 Å². The van der Waals surface area contributed by atoms with Gasteiger partial charge in [0.05, 0.1) is 0 Å². The van der Waals surface area contributed by atoms with Crippen LogP contribution in [-0.4, -0.2) is 29.6 Å². The molecule has 0 nitrogen and oxygen atoms in total. The van der Waals surface area contributed by atoms with Crippen molar-refractivity contribution in [2.75, 3.05) is 0 Å². The van der Waals surface area contributed by atoms with Gasteiger partial charge in [-0.05, 0) is 0 Å². The maximum atomic E-state index is 0. The summed E-state index contributed by atoms with van der Waals surface area (Å²) in [5.41, 5.74) is 0. The van der Waals surface area contributed by atoms with Gasteiger partial charge in [0.25, 0.3) is 0 Å². The Morgan fingerprint density at radius 1 is 1.00 bits per heavy atom. The zero-order valence-electron chi connectivity index (χ0n) is 2.41. The molecule has 0 aliphatic carbocycles. The topological polar surface area (TPSA) is 0 Å². The molecule has 0 aliphatic rings. The molecule has 0 aliphatic heterocycles. The van der Waals surface area contributed by atoms with E-state index in [1.807, 2.05) is 0 Å². The van der Waals surface area contributed by atoms with E-state index in [4.69, 9.17) is 0 Å². The Balaban J connectivity index is 0. The first kappa shape index (κ1) is 27.5. The van der Waals surface area contributed by atoms with E-state index in [9.17, 15) is 0 Å². The monoisotopic (exact) mass is 285 g/mol. The molecule has 0 unspecified atom stereocenters. The summed E-state index contributed by atoms with van der Waals surface area (Å²) >= 11 is 0. The Morgan fingerprint density at radius 2 is 1.00 bits per heavy atom. The molecule has 0 bridgehead atoms. The second kappa shape index (κ2) is 16.5. The van der Waals surface area contributed by atoms with Gasteiger partial charge in [0, 0.05) is 101 Å². The molecule has 0 aromatic carbocycles. The third-order valence-corrected chi connectivity index (χ3v) is 0. The van der Waals surface area contributed by atoms with Crippen LogP contribution in [0.1, 0.15) is 0 Å². The standard InChI is InChI=1S/Ar.Hg.Na.Ne. The van der Waals surface area contributed by atoms with Crippen LogP contribution in [0.3, 0.4) is 0 Å². The minimum Gasteiger partial charge on any atom is 0 e. The summed E-state index contributed by atoms with van der Waals surface area (Å²) in [6.07, 6.45) is 0. The van der Waals surface area contributed by atoms with Crippen molar-refractivity contribution < 1.29 is 71.6 Å². The predicted molar refractivity (Wildman–Crippen MR) is 5.75 cm³/mol. The van der Waals surface area contributed by atoms with E-state index in [1.165, 1.54) is 0 Å². The molecule has 0 rings (SSSR count). The molecular weight excluding hydrogens is 284 g/mol. The fourth-order valence-corrected chi connectivity index (χ4v) is 0. The summed E-state index contributed by atoms with van der Waals surface area (Å²) in [5.74, 6) is 0. The van der Waals surface area contributed by atoms with Crippen molar-refractivity contribution >= 4 is 29.6 Å². The second-order valence-corrected chi connectivity index (χ2v) is 0. The van der Waals surface area contributed by atoms with Crippen LogP contribution in [0.25, 0.3) is 0 Å². The first-order chi connectivity index (χ1) is 0. The van der Waals surface area contributed by atoms with Crippen molar-refractivity contribution in [1.82, 2.24) is 0 Å². The molecule has 0 N–H and O–H groups in total. The molecule has 4 heavy (non-hydrogen) atoms. The van der Waals surface area contributed by atoms with Gasteiger partial charge in [0.15, 0.2) is 0 Å². The molecule has 0 amide bonds. The summed E-state index contributed by atoms with van der Waals surface area (Å²) in [7, 11) is 0. The van der Waals surface area contributed by atoms with Crippen LogP contribution in [0.4, 0.5) is 0 Å². The van der Waals surface area contributed by atoms with Crippen molar-refractivity contribution in [3.8, 4) is 0 Å². The van der Waals surface area contributed by atoms with E-state index >= 15 is 0 Å². The quantitative estimate of drug-likeness (QED) is 0.532. The molecule has 0 aromatic heterocycles. The van der Waals surface area contributed by atoms with Crippen LogP contribution in [0.2, 0.25) is 0 Å². The van der Waals surface area contributed by atoms with Gasteiger partial charge in [-0.2, -0.15) is 0 Å². The van der Waals surface area contributed by atoms with Crippen LogP contribution in [-0.2, 0) is 27.7 Å². The SMILES string of the molecule is [Ar].[Hg].[Na].[Ne]. The van der Waals surface area contributed by atoms with E-state index in [1.54, 1.807) is 0 Å². The third kappa shape index (κ3) is 8.92. The smallest absolute Gasteiger partial charge is 0 e. The molecule has 0 spiro atoms. The molecule has 0 fully saturated rings. The zero-order valence-corrected chi connectivity index (χ0v) is 10.6. The molecule has 0 aromatic rings. The molecular formula is ArHgNaNe. The van der Waals surface area contributed by atoms with Crippen molar-refractivity contribution in [2.24, 2.45) is 0 Å². The summed E-state index contributed by atoms with van der Waals surface area (Å²) in [6.45, 7) is 0. The summed E-state index contributed by atoms with van der Waals surface area (Å²) in [6, 6.07) is 0. The molecule has 0 atom stereocenters. The number of rotatable bonds is 0. The Morgan fingerprint density at radius 3 is 1.00 bits per heavy atom. The first-order valence-electron chi connectivity index (χ1n) is 0. The van der Waals surface area contributed by atoms with Crippen LogP contribution >= 0.6 is 0 Å². The fraction of sp³-hybridized carbons (Fsp3) is 0. The van der Waals surface area contributed by atoms with Gasteiger partial charge >= 0.3 is 0 Å². The van der Waals surface area contributed by atoms with Gasteiger partial charge in [-0.25, -0.2) is 0 Å². The van der Waals surface area contributed by atoms with Crippen LogP contribution < -0.4 is 0 Å². The molecule has 1 radical (unpaired) electrons. The first-order valence-corrected chi connectivity index (χ1v) is 0. The van der Waals surface area contributed by atoms with Crippen LogP contribution in [0, 0.1) is 43.9 Å². The van der Waals surface area contributed by atoms with E-state index in [2.05, 4.69) is 0 Å². The zero-order chi connectivity index (χ0) is 0. The third-order valence-electron chi connectivity index (χ3n) is 0. The molecule has 0 heterocycles. The largest absolute Gasteiger partial charge is 0 e. The minimum atomic E-state index is 0. The Kier molecular flexibility index (Phi) is 113. The predicted octanol–water partition coefficient (Wildman–Crippen LogP) is -0.383. The van der Waals surface area contributed by atoms with Gasteiger partial charge in [-0.1, -0.05) is 0 Å². The van der Waals surface area contributed by atoms with Crippen molar-refractivity contribution in [1.29, 1.82) is 0 Å². The number of hydrogen-bond donors (Lipinski definition) is 0. The Bertz CT molecular complexity index is 8.00. The van der Waals surface area contributed by atoms with Crippen molar-refractivity contribution in [2.45, 2.75) is 0 Å². The van der Waals surface area contributed by atoms with E-state index in [-0.39, 0.29) is 101 Å². The van der Waals surface area contributed by atoms with Crippen molar-refractivity contribution in [3.05, 3.63) is 0 Å². The van der Waals surface area contributed by atoms with Crippen molar-refractivity contribution in [3.63, 3.8) is 0 Å². The molecule has 0 saturated heterocycles. The molecule has 4 heteroatoms. The average molecular weight is 284 g/mol. The Labute approximate surface area is 98.7 Å².